The smallest absolute Gasteiger partial charge is 0.199 e. The highest BCUT2D eigenvalue weighted by Gasteiger charge is 2.26. The van der Waals surface area contributed by atoms with Gasteiger partial charge in [-0.25, -0.2) is 0 Å². The van der Waals surface area contributed by atoms with Crippen molar-refractivity contribution in [3.8, 4) is 0 Å². The van der Waals surface area contributed by atoms with Gasteiger partial charge in [-0.3, -0.25) is 4.79 Å². The molecule has 3 heteroatoms. The molecule has 0 saturated heterocycles. The van der Waals surface area contributed by atoms with E-state index in [9.17, 15) is 9.90 Å². The van der Waals surface area contributed by atoms with Crippen LogP contribution in [0.3, 0.4) is 0 Å². The van der Waals surface area contributed by atoms with E-state index < -0.39 is 12.0 Å². The highest BCUT2D eigenvalue weighted by atomic mass is 32.2. The Balaban J connectivity index is 2.30. The summed E-state index contributed by atoms with van der Waals surface area (Å²) in [6, 6.07) is 14.4. The van der Waals surface area contributed by atoms with E-state index in [1.165, 1.54) is 28.5 Å². The molecule has 0 aliphatic heterocycles. The maximum atomic E-state index is 13.1. The topological polar surface area (TPSA) is 37.3 Å². The molecule has 1 N–H and O–H groups in total. The van der Waals surface area contributed by atoms with Gasteiger partial charge in [0.25, 0.3) is 0 Å². The van der Waals surface area contributed by atoms with Gasteiger partial charge in [0.05, 0.1) is 12.0 Å². The number of hydrogen-bond donors (Lipinski definition) is 1. The second-order valence-electron chi connectivity index (χ2n) is 8.96. The third-order valence-corrected chi connectivity index (χ3v) is 6.77. The molecule has 0 aliphatic rings. The molecule has 0 saturated carbocycles. The van der Waals surface area contributed by atoms with Gasteiger partial charge in [-0.15, -0.1) is 0 Å². The lowest BCUT2D eigenvalue weighted by molar-refractivity contribution is -0.116. The zero-order valence-electron chi connectivity index (χ0n) is 18.9. The predicted molar refractivity (Wildman–Crippen MR) is 125 cm³/mol. The minimum absolute atomic E-state index is 0.0366. The van der Waals surface area contributed by atoms with Crippen LogP contribution in [0, 0.1) is 5.92 Å². The Labute approximate surface area is 181 Å². The maximum Gasteiger partial charge on any atom is 0.199 e. The summed E-state index contributed by atoms with van der Waals surface area (Å²) in [7, 11) is 0. The Morgan fingerprint density at radius 2 is 1.38 bits per heavy atom. The molecular weight excluding hydrogens is 376 g/mol. The van der Waals surface area contributed by atoms with Gasteiger partial charge in [-0.05, 0) is 46.4 Å². The number of thioether (sulfide) groups is 1. The van der Waals surface area contributed by atoms with Gasteiger partial charge in [0.15, 0.2) is 5.12 Å². The van der Waals surface area contributed by atoms with E-state index in [0.717, 1.165) is 10.5 Å². The second-order valence-corrected chi connectivity index (χ2v) is 9.97. The van der Waals surface area contributed by atoms with Crippen LogP contribution in [0.2, 0.25) is 0 Å². The number of aliphatic hydroxyl groups excluding tert-OH is 1. The van der Waals surface area contributed by atoms with Crippen molar-refractivity contribution in [3.05, 3.63) is 64.7 Å². The van der Waals surface area contributed by atoms with Crippen LogP contribution in [0.4, 0.5) is 0 Å². The van der Waals surface area contributed by atoms with Gasteiger partial charge in [-0.1, -0.05) is 103 Å². The number of rotatable bonds is 8. The molecular formula is C26H36O2S. The monoisotopic (exact) mass is 412 g/mol. The molecule has 29 heavy (non-hydrogen) atoms. The Hall–Kier alpha value is -1.58. The minimum Gasteiger partial charge on any atom is -0.392 e. The van der Waals surface area contributed by atoms with E-state index in [4.69, 9.17) is 0 Å². The van der Waals surface area contributed by atoms with Crippen molar-refractivity contribution in [1.82, 2.24) is 0 Å². The molecule has 2 aromatic carbocycles. The normalized spacial score (nSPS) is 13.9. The van der Waals surface area contributed by atoms with Crippen molar-refractivity contribution < 1.29 is 9.90 Å². The highest BCUT2D eigenvalue weighted by molar-refractivity contribution is 8.13. The van der Waals surface area contributed by atoms with Gasteiger partial charge in [0.1, 0.15) is 0 Å². The largest absolute Gasteiger partial charge is 0.392 e. The van der Waals surface area contributed by atoms with Crippen molar-refractivity contribution in [2.24, 2.45) is 5.92 Å². The molecule has 0 aliphatic carbocycles. The summed E-state index contributed by atoms with van der Waals surface area (Å²) in [6.45, 7) is 15.0. The van der Waals surface area contributed by atoms with E-state index in [-0.39, 0.29) is 5.12 Å². The molecule has 2 aromatic rings. The third-order valence-electron chi connectivity index (χ3n) is 5.52. The van der Waals surface area contributed by atoms with Gasteiger partial charge in [-0.2, -0.15) is 0 Å². The van der Waals surface area contributed by atoms with Crippen LogP contribution in [-0.4, -0.2) is 16.3 Å². The van der Waals surface area contributed by atoms with Crippen molar-refractivity contribution in [2.75, 3.05) is 0 Å². The van der Waals surface area contributed by atoms with Crippen molar-refractivity contribution >= 4 is 16.9 Å². The van der Waals surface area contributed by atoms with Gasteiger partial charge < -0.3 is 5.11 Å². The average Bonchev–Trinajstić information content (AvgIpc) is 2.67. The number of carbonyl (C=O) groups is 1. The van der Waals surface area contributed by atoms with E-state index in [1.54, 1.807) is 0 Å². The lowest BCUT2D eigenvalue weighted by atomic mass is 9.89. The lowest BCUT2D eigenvalue weighted by Crippen LogP contribution is -2.26. The van der Waals surface area contributed by atoms with Crippen LogP contribution in [0.1, 0.15) is 88.5 Å². The Bertz CT molecular complexity index is 780. The first-order valence-electron chi connectivity index (χ1n) is 10.7. The molecule has 0 bridgehead atoms. The summed E-state index contributed by atoms with van der Waals surface area (Å²) in [6.07, 6.45) is -0.188. The van der Waals surface area contributed by atoms with Crippen LogP contribution in [0.25, 0.3) is 0 Å². The second kappa shape index (κ2) is 10.4. The van der Waals surface area contributed by atoms with E-state index in [2.05, 4.69) is 53.7 Å². The number of benzene rings is 2. The molecule has 2 atom stereocenters. The van der Waals surface area contributed by atoms with E-state index in [0.29, 0.717) is 24.2 Å². The van der Waals surface area contributed by atoms with Crippen molar-refractivity contribution in [3.63, 3.8) is 0 Å². The van der Waals surface area contributed by atoms with Crippen LogP contribution < -0.4 is 0 Å². The van der Waals surface area contributed by atoms with Crippen molar-refractivity contribution in [1.29, 1.82) is 0 Å². The molecule has 0 fully saturated rings. The first-order valence-corrected chi connectivity index (χ1v) is 11.5. The van der Waals surface area contributed by atoms with Crippen LogP contribution in [0.15, 0.2) is 47.4 Å². The number of hydrogen-bond acceptors (Lipinski definition) is 3. The fourth-order valence-corrected chi connectivity index (χ4v) is 4.76. The summed E-state index contributed by atoms with van der Waals surface area (Å²) >= 11 is 1.32. The summed E-state index contributed by atoms with van der Waals surface area (Å²) in [5.41, 5.74) is 4.86. The summed E-state index contributed by atoms with van der Waals surface area (Å²) in [5, 5.41) is 10.7. The average molecular weight is 413 g/mol. The Kier molecular flexibility index (Phi) is 8.54. The summed E-state index contributed by atoms with van der Waals surface area (Å²) in [4.78, 5) is 14.2. The van der Waals surface area contributed by atoms with Crippen LogP contribution in [0.5, 0.6) is 0 Å². The third kappa shape index (κ3) is 6.20. The first kappa shape index (κ1) is 23.7. The standard InChI is InChI=1S/C26H36O2S/c1-16(2)21-14-22(17(3)4)25(23(15-21)18(5)6)29-26(28)19(7)24(27)13-20-11-9-8-10-12-20/h8-12,14-19,24,27H,13H2,1-7H3/t19-,24+/m0/s1. The Morgan fingerprint density at radius 1 is 0.862 bits per heavy atom. The molecule has 0 aromatic heterocycles. The fourth-order valence-electron chi connectivity index (χ4n) is 3.39. The zero-order valence-corrected chi connectivity index (χ0v) is 19.7. The lowest BCUT2D eigenvalue weighted by Gasteiger charge is -2.24. The quantitative estimate of drug-likeness (QED) is 0.478. The first-order chi connectivity index (χ1) is 13.6. The molecule has 158 valence electrons. The molecule has 0 unspecified atom stereocenters. The fraction of sp³-hybridized carbons (Fsp3) is 0.500. The van der Waals surface area contributed by atoms with Crippen molar-refractivity contribution in [2.45, 2.75) is 83.6 Å². The molecule has 2 rings (SSSR count). The Morgan fingerprint density at radius 3 is 1.83 bits per heavy atom. The molecule has 0 heterocycles. The summed E-state index contributed by atoms with van der Waals surface area (Å²) < 4.78 is 0. The van der Waals surface area contributed by atoms with Gasteiger partial charge >= 0.3 is 0 Å². The number of carbonyl (C=O) groups excluding carboxylic acids is 1. The van der Waals surface area contributed by atoms with Gasteiger partial charge in [0.2, 0.25) is 0 Å². The minimum atomic E-state index is -0.683. The highest BCUT2D eigenvalue weighted by Crippen LogP contribution is 2.39. The maximum absolute atomic E-state index is 13.1. The van der Waals surface area contributed by atoms with Crippen LogP contribution >= 0.6 is 11.8 Å². The van der Waals surface area contributed by atoms with E-state index >= 15 is 0 Å². The molecule has 0 amide bonds. The summed E-state index contributed by atoms with van der Waals surface area (Å²) in [5.74, 6) is 0.702. The molecule has 0 radical (unpaired) electrons. The zero-order chi connectivity index (χ0) is 21.7. The SMILES string of the molecule is CC(C)c1cc(C(C)C)c(SC(=O)[C@@H](C)[C@H](O)Cc2ccccc2)c(C(C)C)c1. The van der Waals surface area contributed by atoms with E-state index in [1.807, 2.05) is 37.3 Å². The number of aliphatic hydroxyl groups is 1. The van der Waals surface area contributed by atoms with Crippen LogP contribution in [-0.2, 0) is 11.2 Å². The predicted octanol–water partition coefficient (Wildman–Crippen LogP) is 6.92. The molecule has 2 nitrogen and oxygen atoms in total. The molecule has 0 spiro atoms. The van der Waals surface area contributed by atoms with Gasteiger partial charge in [0, 0.05) is 4.90 Å².